The number of benzene rings is 1. The van der Waals surface area contributed by atoms with Crippen LogP contribution in [0.1, 0.15) is 0 Å². The van der Waals surface area contributed by atoms with Crippen molar-refractivity contribution < 1.29 is 14.9 Å². The van der Waals surface area contributed by atoms with Crippen molar-refractivity contribution in [2.75, 3.05) is 13.2 Å². The monoisotopic (exact) mass is 207 g/mol. The van der Waals surface area contributed by atoms with Gasteiger partial charge in [-0.2, -0.15) is 0 Å². The van der Waals surface area contributed by atoms with E-state index in [-0.39, 0.29) is 23.9 Å². The van der Waals surface area contributed by atoms with E-state index in [0.29, 0.717) is 12.1 Å². The molecule has 0 unspecified atom stereocenters. The molecule has 1 rings (SSSR count). The Morgan fingerprint density at radius 2 is 2.20 bits per heavy atom. The lowest BCUT2D eigenvalue weighted by Gasteiger charge is -2.08. The molecule has 0 bridgehead atoms. The van der Waals surface area contributed by atoms with Gasteiger partial charge in [-0.1, -0.05) is 6.58 Å². The van der Waals surface area contributed by atoms with Gasteiger partial charge in [-0.05, 0) is 12.1 Å². The molecule has 15 heavy (non-hydrogen) atoms. The van der Waals surface area contributed by atoms with Crippen molar-refractivity contribution in [2.45, 2.75) is 0 Å². The molecule has 0 aliphatic heterocycles. The summed E-state index contributed by atoms with van der Waals surface area (Å²) in [6.07, 6.45) is 0. The molecule has 0 aliphatic carbocycles. The summed E-state index contributed by atoms with van der Waals surface area (Å²) >= 11 is 0. The average molecular weight is 207 g/mol. The van der Waals surface area contributed by atoms with Crippen LogP contribution in [0.15, 0.2) is 36.1 Å². The van der Waals surface area contributed by atoms with Gasteiger partial charge in [0.1, 0.15) is 12.4 Å². The van der Waals surface area contributed by atoms with Crippen molar-refractivity contribution in [3.63, 3.8) is 0 Å². The molecule has 0 aromatic heterocycles. The molecule has 1 aromatic carbocycles. The van der Waals surface area contributed by atoms with Crippen LogP contribution in [0.25, 0.3) is 0 Å². The molecule has 4 N–H and O–H groups in total. The molecule has 0 spiro atoms. The van der Waals surface area contributed by atoms with E-state index in [2.05, 4.69) is 12.3 Å². The van der Waals surface area contributed by atoms with Gasteiger partial charge in [0.05, 0.1) is 0 Å². The summed E-state index contributed by atoms with van der Waals surface area (Å²) in [6, 6.07) is 4.10. The molecule has 0 aliphatic rings. The Hall–Kier alpha value is -1.90. The smallest absolute Gasteiger partial charge is 0.161 e. The van der Waals surface area contributed by atoms with Gasteiger partial charge in [0.25, 0.3) is 0 Å². The molecule has 0 saturated carbocycles. The third-order valence-corrected chi connectivity index (χ3v) is 1.84. The fourth-order valence-corrected chi connectivity index (χ4v) is 0.975. The summed E-state index contributed by atoms with van der Waals surface area (Å²) in [5.41, 5.74) is 8.74. The van der Waals surface area contributed by atoms with Crippen molar-refractivity contribution in [3.8, 4) is 17.2 Å². The quantitative estimate of drug-likeness (QED) is 0.647. The fourth-order valence-electron chi connectivity index (χ4n) is 0.975. The molecule has 0 fully saturated rings. The number of hydrogen-bond donors (Lipinski definition) is 3. The molecule has 0 amide bonds. The minimum absolute atomic E-state index is 0.0156. The second kappa shape index (κ2) is 5.10. The number of ether oxygens (including phenoxy) is 1. The summed E-state index contributed by atoms with van der Waals surface area (Å²) in [6.45, 7) is 3.98. The predicted octanol–water partition coefficient (Wildman–Crippen LogP) is 1.15. The van der Waals surface area contributed by atoms with Crippen molar-refractivity contribution in [3.05, 3.63) is 36.1 Å². The molecular weight excluding hydrogens is 194 g/mol. The molecular formula is C11H13NO3. The van der Waals surface area contributed by atoms with Gasteiger partial charge >= 0.3 is 0 Å². The second-order valence-corrected chi connectivity index (χ2v) is 2.93. The topological polar surface area (TPSA) is 75.7 Å². The van der Waals surface area contributed by atoms with Gasteiger partial charge in [-0.15, -0.1) is 5.73 Å². The summed E-state index contributed by atoms with van der Waals surface area (Å²) < 4.78 is 5.26. The minimum Gasteiger partial charge on any atom is -0.508 e. The van der Waals surface area contributed by atoms with Gasteiger partial charge < -0.3 is 20.7 Å². The fraction of sp³-hybridized carbons (Fsp3) is 0.182. The summed E-state index contributed by atoms with van der Waals surface area (Å²) in [4.78, 5) is 0. The van der Waals surface area contributed by atoms with Crippen molar-refractivity contribution in [1.82, 2.24) is 0 Å². The van der Waals surface area contributed by atoms with Crippen LogP contribution in [-0.2, 0) is 0 Å². The molecule has 0 atom stereocenters. The third kappa shape index (κ3) is 3.06. The van der Waals surface area contributed by atoms with Crippen LogP contribution < -0.4 is 10.5 Å². The van der Waals surface area contributed by atoms with Crippen LogP contribution in [0.4, 0.5) is 0 Å². The van der Waals surface area contributed by atoms with Crippen LogP contribution in [0.5, 0.6) is 17.2 Å². The van der Waals surface area contributed by atoms with E-state index in [4.69, 9.17) is 15.6 Å². The van der Waals surface area contributed by atoms with E-state index in [1.807, 2.05) is 0 Å². The molecule has 0 radical (unpaired) electrons. The van der Waals surface area contributed by atoms with Gasteiger partial charge in [0.2, 0.25) is 0 Å². The zero-order valence-corrected chi connectivity index (χ0v) is 8.23. The van der Waals surface area contributed by atoms with Gasteiger partial charge in [0.15, 0.2) is 11.5 Å². The number of phenols is 2. The number of aromatic hydroxyl groups is 2. The molecule has 1 aromatic rings. The summed E-state index contributed by atoms with van der Waals surface area (Å²) in [5.74, 6) is 0.155. The molecule has 4 heteroatoms. The average Bonchev–Trinajstić information content (AvgIpc) is 2.22. The molecule has 0 saturated heterocycles. The molecule has 80 valence electrons. The third-order valence-electron chi connectivity index (χ3n) is 1.84. The van der Waals surface area contributed by atoms with E-state index >= 15 is 0 Å². The lowest BCUT2D eigenvalue weighted by Crippen LogP contribution is -2.10. The van der Waals surface area contributed by atoms with E-state index in [1.54, 1.807) is 0 Å². The number of phenolic OH excluding ortho intramolecular Hbond substituents is 2. The van der Waals surface area contributed by atoms with Gasteiger partial charge in [-0.3, -0.25) is 0 Å². The van der Waals surface area contributed by atoms with Gasteiger partial charge in [0, 0.05) is 18.2 Å². The summed E-state index contributed by atoms with van der Waals surface area (Å²) in [5, 5.41) is 18.4. The Bertz CT molecular complexity index is 395. The van der Waals surface area contributed by atoms with Crippen molar-refractivity contribution in [1.29, 1.82) is 0 Å². The van der Waals surface area contributed by atoms with Crippen molar-refractivity contribution >= 4 is 0 Å². The number of rotatable bonds is 4. The Morgan fingerprint density at radius 1 is 1.47 bits per heavy atom. The van der Waals surface area contributed by atoms with Crippen LogP contribution in [0.2, 0.25) is 0 Å². The maximum absolute atomic E-state index is 9.39. The standard InChI is InChI=1S/C11H13NO3/c1-2-8(6-12)7-15-11-4-3-9(13)5-10(11)14/h3-5,13-14H,1,6-7,12H2. The lowest BCUT2D eigenvalue weighted by molar-refractivity contribution is 0.325. The Kier molecular flexibility index (Phi) is 3.80. The van der Waals surface area contributed by atoms with E-state index in [1.165, 1.54) is 18.2 Å². The first kappa shape index (κ1) is 11.2. The van der Waals surface area contributed by atoms with Gasteiger partial charge in [-0.25, -0.2) is 0 Å². The number of hydrogen-bond acceptors (Lipinski definition) is 4. The minimum atomic E-state index is -0.115. The highest BCUT2D eigenvalue weighted by molar-refractivity contribution is 5.43. The van der Waals surface area contributed by atoms with E-state index in [9.17, 15) is 5.11 Å². The van der Waals surface area contributed by atoms with Crippen LogP contribution in [0.3, 0.4) is 0 Å². The van der Waals surface area contributed by atoms with Crippen LogP contribution >= 0.6 is 0 Å². The van der Waals surface area contributed by atoms with E-state index in [0.717, 1.165) is 0 Å². The molecule has 4 nitrogen and oxygen atoms in total. The lowest BCUT2D eigenvalue weighted by atomic mass is 10.3. The first-order valence-electron chi connectivity index (χ1n) is 4.40. The Morgan fingerprint density at radius 3 is 2.73 bits per heavy atom. The first-order chi connectivity index (χ1) is 7.17. The second-order valence-electron chi connectivity index (χ2n) is 2.93. The maximum atomic E-state index is 9.39. The maximum Gasteiger partial charge on any atom is 0.161 e. The zero-order valence-electron chi connectivity index (χ0n) is 8.23. The van der Waals surface area contributed by atoms with Crippen molar-refractivity contribution in [2.24, 2.45) is 5.73 Å². The predicted molar refractivity (Wildman–Crippen MR) is 57.0 cm³/mol. The Balaban J connectivity index is 2.69. The van der Waals surface area contributed by atoms with Crippen LogP contribution in [-0.4, -0.2) is 23.4 Å². The first-order valence-corrected chi connectivity index (χ1v) is 4.40. The highest BCUT2D eigenvalue weighted by Crippen LogP contribution is 2.29. The highest BCUT2D eigenvalue weighted by Gasteiger charge is 2.03. The SMILES string of the molecule is C=C=C(CN)COc1ccc(O)cc1O. The summed E-state index contributed by atoms with van der Waals surface area (Å²) in [7, 11) is 0. The van der Waals surface area contributed by atoms with Crippen LogP contribution in [0, 0.1) is 0 Å². The largest absolute Gasteiger partial charge is 0.508 e. The number of nitrogens with two attached hydrogens (primary N) is 1. The van der Waals surface area contributed by atoms with E-state index < -0.39 is 0 Å². The molecule has 0 heterocycles. The normalized spacial score (nSPS) is 9.40. The zero-order chi connectivity index (χ0) is 11.3. The Labute approximate surface area is 87.9 Å². The highest BCUT2D eigenvalue weighted by atomic mass is 16.5.